The molecule has 140 valence electrons. The first kappa shape index (κ1) is 18.2. The number of carbonyl (C=O) groups excluding carboxylic acids is 1. The second-order valence-electron chi connectivity index (χ2n) is 7.30. The first-order valence-corrected chi connectivity index (χ1v) is 10.2. The van der Waals surface area contributed by atoms with E-state index in [1.807, 2.05) is 11.1 Å². The Hall–Kier alpha value is -2.21. The van der Waals surface area contributed by atoms with Gasteiger partial charge in [0.15, 0.2) is 0 Å². The standard InChI is InChI=1S/C22H25N3OS/c1-16-7-9-17(10-8-16)15-19-18-5-3-4-6-20(18)27-21(19)22(26)23-25-13-11-24(2)12-14-25/h3-10H,11-15H2,1-2H3,(H,23,26). The van der Waals surface area contributed by atoms with Crippen LogP contribution in [0.25, 0.3) is 10.1 Å². The summed E-state index contributed by atoms with van der Waals surface area (Å²) in [7, 11) is 2.12. The fourth-order valence-electron chi connectivity index (χ4n) is 3.48. The summed E-state index contributed by atoms with van der Waals surface area (Å²) in [4.78, 5) is 16.2. The maximum absolute atomic E-state index is 13.1. The van der Waals surface area contributed by atoms with E-state index in [0.29, 0.717) is 0 Å². The van der Waals surface area contributed by atoms with Gasteiger partial charge in [-0.1, -0.05) is 48.0 Å². The van der Waals surface area contributed by atoms with Crippen LogP contribution < -0.4 is 5.43 Å². The molecule has 2 aromatic carbocycles. The maximum atomic E-state index is 13.1. The maximum Gasteiger partial charge on any atom is 0.275 e. The Labute approximate surface area is 164 Å². The lowest BCUT2D eigenvalue weighted by atomic mass is 10.0. The Morgan fingerprint density at radius 3 is 2.48 bits per heavy atom. The van der Waals surface area contributed by atoms with Gasteiger partial charge in [-0.05, 0) is 43.0 Å². The van der Waals surface area contributed by atoms with Crippen molar-refractivity contribution < 1.29 is 4.79 Å². The molecule has 0 saturated carbocycles. The molecule has 0 radical (unpaired) electrons. The molecule has 5 heteroatoms. The van der Waals surface area contributed by atoms with Crippen LogP contribution >= 0.6 is 11.3 Å². The van der Waals surface area contributed by atoms with Gasteiger partial charge in [-0.25, -0.2) is 5.01 Å². The van der Waals surface area contributed by atoms with Crippen molar-refractivity contribution in [2.24, 2.45) is 0 Å². The number of piperazine rings is 1. The molecule has 4 nitrogen and oxygen atoms in total. The quantitative estimate of drug-likeness (QED) is 0.751. The van der Waals surface area contributed by atoms with Crippen LogP contribution in [0.1, 0.15) is 26.4 Å². The van der Waals surface area contributed by atoms with Gasteiger partial charge in [-0.2, -0.15) is 0 Å². The molecule has 0 unspecified atom stereocenters. The van der Waals surface area contributed by atoms with Crippen molar-refractivity contribution in [2.45, 2.75) is 13.3 Å². The summed E-state index contributed by atoms with van der Waals surface area (Å²) >= 11 is 1.59. The average molecular weight is 380 g/mol. The molecule has 1 aromatic heterocycles. The molecule has 1 aliphatic rings. The lowest BCUT2D eigenvalue weighted by Gasteiger charge is -2.32. The van der Waals surface area contributed by atoms with Crippen molar-refractivity contribution in [1.82, 2.24) is 15.3 Å². The Bertz CT molecular complexity index is 940. The summed E-state index contributed by atoms with van der Waals surface area (Å²) in [6.07, 6.45) is 0.774. The minimum absolute atomic E-state index is 0.0165. The van der Waals surface area contributed by atoms with Gasteiger partial charge < -0.3 is 4.90 Å². The molecule has 1 fully saturated rings. The van der Waals surface area contributed by atoms with Crippen LogP contribution in [0.2, 0.25) is 0 Å². The number of amides is 1. The molecule has 1 aliphatic heterocycles. The summed E-state index contributed by atoms with van der Waals surface area (Å²) < 4.78 is 1.17. The number of hydrogen-bond acceptors (Lipinski definition) is 4. The van der Waals surface area contributed by atoms with E-state index < -0.39 is 0 Å². The van der Waals surface area contributed by atoms with Crippen LogP contribution in [0.15, 0.2) is 48.5 Å². The first-order valence-electron chi connectivity index (χ1n) is 9.40. The Morgan fingerprint density at radius 2 is 1.74 bits per heavy atom. The van der Waals surface area contributed by atoms with Gasteiger partial charge in [0.25, 0.3) is 5.91 Å². The molecular weight excluding hydrogens is 354 g/mol. The van der Waals surface area contributed by atoms with E-state index in [9.17, 15) is 4.79 Å². The van der Waals surface area contributed by atoms with Gasteiger partial charge in [0.05, 0.1) is 4.88 Å². The first-order chi connectivity index (χ1) is 13.1. The molecule has 1 amide bonds. The van der Waals surface area contributed by atoms with Crippen LogP contribution in [0, 0.1) is 6.92 Å². The predicted molar refractivity (Wildman–Crippen MR) is 112 cm³/mol. The van der Waals surface area contributed by atoms with E-state index in [2.05, 4.69) is 66.8 Å². The molecule has 1 N–H and O–H groups in total. The van der Waals surface area contributed by atoms with E-state index in [1.54, 1.807) is 11.3 Å². The molecule has 0 aliphatic carbocycles. The normalized spacial score (nSPS) is 15.9. The van der Waals surface area contributed by atoms with Crippen molar-refractivity contribution in [3.63, 3.8) is 0 Å². The van der Waals surface area contributed by atoms with Crippen molar-refractivity contribution in [2.75, 3.05) is 33.2 Å². The summed E-state index contributed by atoms with van der Waals surface area (Å²) in [6.45, 7) is 5.77. The highest BCUT2D eigenvalue weighted by Gasteiger charge is 2.22. The van der Waals surface area contributed by atoms with Gasteiger partial charge in [-0.3, -0.25) is 10.2 Å². The molecular formula is C22H25N3OS. The Balaban J connectivity index is 1.63. The lowest BCUT2D eigenvalue weighted by Crippen LogP contribution is -2.52. The van der Waals surface area contributed by atoms with E-state index in [-0.39, 0.29) is 5.91 Å². The second kappa shape index (κ2) is 7.80. The lowest BCUT2D eigenvalue weighted by molar-refractivity contribution is 0.0666. The summed E-state index contributed by atoms with van der Waals surface area (Å²) in [5.41, 5.74) is 6.75. The van der Waals surface area contributed by atoms with Crippen LogP contribution in [-0.2, 0) is 6.42 Å². The molecule has 4 rings (SSSR count). The SMILES string of the molecule is Cc1ccc(Cc2c(C(=O)NN3CCN(C)CC3)sc3ccccc23)cc1. The van der Waals surface area contributed by atoms with Crippen LogP contribution in [0.4, 0.5) is 0 Å². The fourth-order valence-corrected chi connectivity index (χ4v) is 4.59. The van der Waals surface area contributed by atoms with Gasteiger partial charge in [0, 0.05) is 30.9 Å². The van der Waals surface area contributed by atoms with E-state index in [4.69, 9.17) is 0 Å². The Kier molecular flexibility index (Phi) is 5.25. The molecule has 27 heavy (non-hydrogen) atoms. The highest BCUT2D eigenvalue weighted by atomic mass is 32.1. The number of rotatable bonds is 4. The van der Waals surface area contributed by atoms with Gasteiger partial charge in [0.1, 0.15) is 0 Å². The summed E-state index contributed by atoms with van der Waals surface area (Å²) in [6, 6.07) is 16.9. The number of nitrogens with zero attached hydrogens (tertiary/aromatic N) is 2. The summed E-state index contributed by atoms with van der Waals surface area (Å²) in [5.74, 6) is 0.0165. The zero-order valence-corrected chi connectivity index (χ0v) is 16.7. The number of hydrazine groups is 1. The topological polar surface area (TPSA) is 35.6 Å². The Morgan fingerprint density at radius 1 is 1.04 bits per heavy atom. The zero-order chi connectivity index (χ0) is 18.8. The van der Waals surface area contributed by atoms with Crippen molar-refractivity contribution in [3.8, 4) is 0 Å². The number of aryl methyl sites for hydroxylation is 1. The molecule has 0 atom stereocenters. The van der Waals surface area contributed by atoms with Crippen molar-refractivity contribution in [1.29, 1.82) is 0 Å². The minimum Gasteiger partial charge on any atom is -0.304 e. The number of nitrogens with one attached hydrogen (secondary N) is 1. The number of thiophene rings is 1. The predicted octanol–water partition coefficient (Wildman–Crippen LogP) is 3.69. The van der Waals surface area contributed by atoms with Gasteiger partial charge in [0.2, 0.25) is 0 Å². The zero-order valence-electron chi connectivity index (χ0n) is 15.9. The third-order valence-electron chi connectivity index (χ3n) is 5.17. The number of likely N-dealkylation sites (N-methyl/N-ethyl adjacent to an activating group) is 1. The second-order valence-corrected chi connectivity index (χ2v) is 8.35. The smallest absolute Gasteiger partial charge is 0.275 e. The van der Waals surface area contributed by atoms with E-state index in [1.165, 1.54) is 21.2 Å². The fraction of sp³-hybridized carbons (Fsp3) is 0.318. The monoisotopic (exact) mass is 379 g/mol. The van der Waals surface area contributed by atoms with Gasteiger partial charge in [-0.15, -0.1) is 11.3 Å². The van der Waals surface area contributed by atoms with Crippen LogP contribution in [-0.4, -0.2) is 49.0 Å². The highest BCUT2D eigenvalue weighted by molar-refractivity contribution is 7.21. The molecule has 0 bridgehead atoms. The molecule has 2 heterocycles. The minimum atomic E-state index is 0.0165. The summed E-state index contributed by atoms with van der Waals surface area (Å²) in [5, 5.41) is 3.23. The molecule has 3 aromatic rings. The van der Waals surface area contributed by atoms with Crippen molar-refractivity contribution in [3.05, 3.63) is 70.1 Å². The largest absolute Gasteiger partial charge is 0.304 e. The molecule has 0 spiro atoms. The molecule has 1 saturated heterocycles. The van der Waals surface area contributed by atoms with E-state index >= 15 is 0 Å². The van der Waals surface area contributed by atoms with Gasteiger partial charge >= 0.3 is 0 Å². The number of fused-ring (bicyclic) bond motifs is 1. The third kappa shape index (κ3) is 4.05. The van der Waals surface area contributed by atoms with Crippen LogP contribution in [0.5, 0.6) is 0 Å². The third-order valence-corrected chi connectivity index (χ3v) is 6.38. The van der Waals surface area contributed by atoms with Crippen molar-refractivity contribution >= 4 is 27.3 Å². The number of benzene rings is 2. The van der Waals surface area contributed by atoms with Crippen LogP contribution in [0.3, 0.4) is 0 Å². The van der Waals surface area contributed by atoms with E-state index in [0.717, 1.165) is 43.0 Å². The number of hydrogen-bond donors (Lipinski definition) is 1. The average Bonchev–Trinajstić information content (AvgIpc) is 3.04. The number of carbonyl (C=O) groups is 1. The highest BCUT2D eigenvalue weighted by Crippen LogP contribution is 2.33.